The first-order valence-corrected chi connectivity index (χ1v) is 12.9. The average molecular weight is 509 g/mol. The number of hydrogen-bond acceptors (Lipinski definition) is 5. The van der Waals surface area contributed by atoms with Crippen LogP contribution in [0.4, 0.5) is 15.8 Å². The first kappa shape index (κ1) is 24.9. The number of nitrogens with one attached hydrogen (secondary N) is 1. The van der Waals surface area contributed by atoms with E-state index in [-0.39, 0.29) is 15.6 Å². The zero-order valence-electron chi connectivity index (χ0n) is 17.9. The third-order valence-electron chi connectivity index (χ3n) is 4.57. The van der Waals surface area contributed by atoms with Crippen molar-refractivity contribution in [3.8, 4) is 5.75 Å². The summed E-state index contributed by atoms with van der Waals surface area (Å²) in [6, 6.07) is 16.5. The molecule has 174 valence electrons. The third-order valence-corrected chi connectivity index (χ3v) is 7.40. The summed E-state index contributed by atoms with van der Waals surface area (Å²) in [6.45, 7) is 1.80. The van der Waals surface area contributed by atoms with Gasteiger partial charge in [0.2, 0.25) is 5.91 Å². The number of thioether (sulfide) groups is 1. The maximum Gasteiger partial charge on any atom is 0.264 e. The van der Waals surface area contributed by atoms with E-state index in [9.17, 15) is 17.6 Å². The van der Waals surface area contributed by atoms with Crippen LogP contribution < -0.4 is 14.4 Å². The maximum absolute atomic E-state index is 13.5. The summed E-state index contributed by atoms with van der Waals surface area (Å²) in [7, 11) is -4.07. The minimum Gasteiger partial charge on any atom is -0.494 e. The van der Waals surface area contributed by atoms with Crippen molar-refractivity contribution in [3.63, 3.8) is 0 Å². The van der Waals surface area contributed by atoms with Gasteiger partial charge in [0.1, 0.15) is 18.1 Å². The summed E-state index contributed by atoms with van der Waals surface area (Å²) in [5.74, 6) is -0.661. The number of ether oxygens (including phenoxy) is 1. The van der Waals surface area contributed by atoms with Crippen molar-refractivity contribution in [2.45, 2.75) is 16.7 Å². The Morgan fingerprint density at radius 3 is 2.33 bits per heavy atom. The van der Waals surface area contributed by atoms with Crippen molar-refractivity contribution >= 4 is 50.7 Å². The number of nitrogens with zero attached hydrogens (tertiary/aromatic N) is 1. The maximum atomic E-state index is 13.5. The Morgan fingerprint density at radius 1 is 1.09 bits per heavy atom. The van der Waals surface area contributed by atoms with Crippen LogP contribution in [0.5, 0.6) is 5.75 Å². The number of carbonyl (C=O) groups is 1. The summed E-state index contributed by atoms with van der Waals surface area (Å²) in [4.78, 5) is 13.7. The minimum absolute atomic E-state index is 0.0480. The molecule has 0 bridgehead atoms. The van der Waals surface area contributed by atoms with Crippen LogP contribution in [0.25, 0.3) is 0 Å². The van der Waals surface area contributed by atoms with Crippen molar-refractivity contribution in [2.75, 3.05) is 29.0 Å². The van der Waals surface area contributed by atoms with E-state index in [1.807, 2.05) is 13.2 Å². The lowest BCUT2D eigenvalue weighted by Crippen LogP contribution is -2.38. The van der Waals surface area contributed by atoms with Gasteiger partial charge in [-0.1, -0.05) is 11.6 Å². The summed E-state index contributed by atoms with van der Waals surface area (Å²) in [6.07, 6.45) is 1.89. The van der Waals surface area contributed by atoms with E-state index in [0.29, 0.717) is 18.0 Å². The van der Waals surface area contributed by atoms with Gasteiger partial charge in [-0.15, -0.1) is 11.8 Å². The summed E-state index contributed by atoms with van der Waals surface area (Å²) < 4.78 is 46.8. The zero-order chi connectivity index (χ0) is 24.0. The molecule has 0 heterocycles. The number of halogens is 2. The molecule has 0 spiro atoms. The van der Waals surface area contributed by atoms with Crippen molar-refractivity contribution in [1.82, 2.24) is 0 Å². The Morgan fingerprint density at radius 2 is 1.76 bits per heavy atom. The van der Waals surface area contributed by atoms with E-state index in [1.54, 1.807) is 36.4 Å². The Kier molecular flexibility index (Phi) is 8.23. The highest BCUT2D eigenvalue weighted by molar-refractivity contribution is 7.98. The molecule has 0 aromatic heterocycles. The lowest BCUT2D eigenvalue weighted by molar-refractivity contribution is -0.114. The quantitative estimate of drug-likeness (QED) is 0.390. The van der Waals surface area contributed by atoms with E-state index in [0.717, 1.165) is 15.3 Å². The number of hydrogen-bond donors (Lipinski definition) is 1. The summed E-state index contributed by atoms with van der Waals surface area (Å²) in [5.41, 5.74) is 0.541. The van der Waals surface area contributed by atoms with Crippen molar-refractivity contribution in [2.24, 2.45) is 0 Å². The van der Waals surface area contributed by atoms with E-state index >= 15 is 0 Å². The average Bonchev–Trinajstić information content (AvgIpc) is 2.81. The molecule has 0 radical (unpaired) electrons. The topological polar surface area (TPSA) is 75.7 Å². The summed E-state index contributed by atoms with van der Waals surface area (Å²) in [5, 5.41) is 2.40. The van der Waals surface area contributed by atoms with Gasteiger partial charge < -0.3 is 10.1 Å². The first-order chi connectivity index (χ1) is 15.7. The van der Waals surface area contributed by atoms with Crippen molar-refractivity contribution < 1.29 is 22.3 Å². The molecular weight excluding hydrogens is 487 g/mol. The molecule has 33 heavy (non-hydrogen) atoms. The monoisotopic (exact) mass is 508 g/mol. The summed E-state index contributed by atoms with van der Waals surface area (Å²) >= 11 is 7.26. The number of rotatable bonds is 9. The fraction of sp³-hybridized carbons (Fsp3) is 0.174. The molecule has 0 aliphatic carbocycles. The molecule has 1 N–H and O–H groups in total. The molecule has 6 nitrogen and oxygen atoms in total. The molecule has 0 aliphatic heterocycles. The highest BCUT2D eigenvalue weighted by atomic mass is 35.5. The van der Waals surface area contributed by atoms with Crippen molar-refractivity contribution in [1.29, 1.82) is 0 Å². The smallest absolute Gasteiger partial charge is 0.264 e. The number of carbonyl (C=O) groups excluding carboxylic acids is 1. The van der Waals surface area contributed by atoms with Crippen molar-refractivity contribution in [3.05, 3.63) is 77.6 Å². The first-order valence-electron chi connectivity index (χ1n) is 9.89. The van der Waals surface area contributed by atoms with Crippen LogP contribution in [-0.2, 0) is 14.8 Å². The largest absolute Gasteiger partial charge is 0.494 e. The number of anilines is 2. The standard InChI is InChI=1S/C23H22ClFN2O4S2/c1-3-31-18-7-5-17(6-8-18)27(33(29,30)20-11-9-19(32-2)10-12-20)15-23(28)26-16-4-13-22(25)21(24)14-16/h4-14H,3,15H2,1-2H3,(H,26,28). The number of benzene rings is 3. The second-order valence-electron chi connectivity index (χ2n) is 6.79. The Labute approximate surface area is 201 Å². The molecule has 1 amide bonds. The van der Waals surface area contributed by atoms with Crippen LogP contribution in [0, 0.1) is 5.82 Å². The second kappa shape index (κ2) is 10.9. The normalized spacial score (nSPS) is 11.2. The van der Waals surface area contributed by atoms with Gasteiger partial charge in [0.15, 0.2) is 0 Å². The molecule has 0 fully saturated rings. The molecule has 10 heteroatoms. The molecule has 0 saturated heterocycles. The zero-order valence-corrected chi connectivity index (χ0v) is 20.3. The van der Waals surface area contributed by atoms with Gasteiger partial charge in [0, 0.05) is 10.6 Å². The molecule has 0 unspecified atom stereocenters. The van der Waals surface area contributed by atoms with E-state index in [4.69, 9.17) is 16.3 Å². The van der Waals surface area contributed by atoms with Gasteiger partial charge in [0.05, 0.1) is 22.2 Å². The van der Waals surface area contributed by atoms with E-state index in [1.165, 1.54) is 36.0 Å². The van der Waals surface area contributed by atoms with Crippen LogP contribution in [0.1, 0.15) is 6.92 Å². The van der Waals surface area contributed by atoms with Gasteiger partial charge >= 0.3 is 0 Å². The Bertz CT molecular complexity index is 1220. The lowest BCUT2D eigenvalue weighted by Gasteiger charge is -2.24. The SMILES string of the molecule is CCOc1ccc(N(CC(=O)Nc2ccc(F)c(Cl)c2)S(=O)(=O)c2ccc(SC)cc2)cc1. The molecule has 3 aromatic rings. The van der Waals surface area contributed by atoms with Crippen LogP contribution in [0.3, 0.4) is 0 Å². The minimum atomic E-state index is -4.07. The van der Waals surface area contributed by atoms with Gasteiger partial charge in [-0.05, 0) is 79.9 Å². The predicted octanol–water partition coefficient (Wildman–Crippen LogP) is 5.43. The molecule has 3 rings (SSSR count). The highest BCUT2D eigenvalue weighted by Gasteiger charge is 2.27. The molecule has 0 atom stereocenters. The van der Waals surface area contributed by atoms with Crippen LogP contribution in [-0.4, -0.2) is 33.7 Å². The Balaban J connectivity index is 1.93. The fourth-order valence-electron chi connectivity index (χ4n) is 2.97. The Hall–Kier alpha value is -2.75. The van der Waals surface area contributed by atoms with Crippen LogP contribution in [0.2, 0.25) is 5.02 Å². The highest BCUT2D eigenvalue weighted by Crippen LogP contribution is 2.27. The second-order valence-corrected chi connectivity index (χ2v) is 9.94. The fourth-order valence-corrected chi connectivity index (χ4v) is 4.98. The molecule has 0 saturated carbocycles. The van der Waals surface area contributed by atoms with Gasteiger partial charge in [-0.2, -0.15) is 0 Å². The van der Waals surface area contributed by atoms with Gasteiger partial charge in [0.25, 0.3) is 10.0 Å². The number of sulfonamides is 1. The molecule has 3 aromatic carbocycles. The lowest BCUT2D eigenvalue weighted by atomic mass is 10.3. The van der Waals surface area contributed by atoms with Gasteiger partial charge in [-0.3, -0.25) is 9.10 Å². The van der Waals surface area contributed by atoms with Crippen LogP contribution in [0.15, 0.2) is 76.5 Å². The van der Waals surface area contributed by atoms with Crippen LogP contribution >= 0.6 is 23.4 Å². The van der Waals surface area contributed by atoms with E-state index < -0.39 is 28.3 Å². The molecule has 0 aliphatic rings. The predicted molar refractivity (Wildman–Crippen MR) is 130 cm³/mol. The van der Waals surface area contributed by atoms with Gasteiger partial charge in [-0.25, -0.2) is 12.8 Å². The molecular formula is C23H22ClFN2O4S2. The van der Waals surface area contributed by atoms with E-state index in [2.05, 4.69) is 5.32 Å². The third kappa shape index (κ3) is 6.19. The number of amides is 1.